The second-order valence-electron chi connectivity index (χ2n) is 5.30. The fourth-order valence-corrected chi connectivity index (χ4v) is 1.52. The number of hydrogen-bond donors (Lipinski definition) is 1. The maximum atomic E-state index is 13.2. The van der Waals surface area contributed by atoms with Crippen LogP contribution < -0.4 is 0 Å². The van der Waals surface area contributed by atoms with Gasteiger partial charge in [-0.1, -0.05) is 0 Å². The average molecular weight is 461 g/mol. The molecule has 0 bridgehead atoms. The third kappa shape index (κ3) is 3.56. The van der Waals surface area contributed by atoms with Gasteiger partial charge >= 0.3 is 41.7 Å². The van der Waals surface area contributed by atoms with Crippen LogP contribution in [0, 0.1) is 0 Å². The number of hydrogen-bond acceptors (Lipinski definition) is 2. The SMILES string of the molecule is CN(O)CC(F)C(F)(F)C(F)(F)C(F)(F)C(F)(F)C(F)(F)C(F)(F)C(F)(F)F. The highest BCUT2D eigenvalue weighted by Gasteiger charge is 2.93. The minimum absolute atomic E-state index is 0.256. The van der Waals surface area contributed by atoms with Gasteiger partial charge in [0, 0.05) is 7.05 Å². The molecule has 28 heavy (non-hydrogen) atoms. The minimum atomic E-state index is -8.46. The fourth-order valence-electron chi connectivity index (χ4n) is 1.52. The maximum absolute atomic E-state index is 13.2. The molecule has 0 radical (unpaired) electrons. The van der Waals surface area contributed by atoms with Gasteiger partial charge in [-0.15, -0.1) is 0 Å². The second-order valence-corrected chi connectivity index (χ2v) is 5.30. The highest BCUT2D eigenvalue weighted by atomic mass is 19.4. The molecule has 0 aromatic heterocycles. The van der Waals surface area contributed by atoms with E-state index in [-0.39, 0.29) is 7.05 Å². The standard InChI is InChI=1S/C10H7F16NO/c1-27(28)2-3(11)4(12,13)5(14,15)6(16,17)7(18,19)8(20,21)9(22,23)10(24,25)26/h3,28H,2H2,1H3. The van der Waals surface area contributed by atoms with E-state index in [9.17, 15) is 70.2 Å². The molecule has 0 aliphatic rings. The van der Waals surface area contributed by atoms with Crippen molar-refractivity contribution in [3.63, 3.8) is 0 Å². The zero-order valence-electron chi connectivity index (χ0n) is 12.7. The molecule has 0 spiro atoms. The predicted molar refractivity (Wildman–Crippen MR) is 55.0 cm³/mol. The Morgan fingerprint density at radius 2 is 0.893 bits per heavy atom. The summed E-state index contributed by atoms with van der Waals surface area (Å²) in [6.45, 7) is -2.31. The molecule has 1 atom stereocenters. The molecule has 0 heterocycles. The van der Waals surface area contributed by atoms with Crippen molar-refractivity contribution in [1.82, 2.24) is 5.06 Å². The van der Waals surface area contributed by atoms with Crippen molar-refractivity contribution in [2.75, 3.05) is 13.6 Å². The Labute approximate surface area is 143 Å². The van der Waals surface area contributed by atoms with E-state index in [2.05, 4.69) is 0 Å². The van der Waals surface area contributed by atoms with Gasteiger partial charge in [-0.3, -0.25) is 0 Å². The molecule has 0 fully saturated rings. The summed E-state index contributed by atoms with van der Waals surface area (Å²) in [4.78, 5) is 0. The van der Waals surface area contributed by atoms with E-state index in [1.165, 1.54) is 0 Å². The second kappa shape index (κ2) is 6.94. The summed E-state index contributed by atoms with van der Waals surface area (Å²) in [5.74, 6) is -48.2. The molecule has 170 valence electrons. The number of nitrogens with zero attached hydrogens (tertiary/aromatic N) is 1. The molecule has 1 unspecified atom stereocenters. The van der Waals surface area contributed by atoms with Crippen molar-refractivity contribution in [1.29, 1.82) is 0 Å². The van der Waals surface area contributed by atoms with Crippen molar-refractivity contribution >= 4 is 0 Å². The van der Waals surface area contributed by atoms with Gasteiger partial charge in [-0.05, 0) is 0 Å². The van der Waals surface area contributed by atoms with Gasteiger partial charge in [0.05, 0.1) is 6.54 Å². The van der Waals surface area contributed by atoms with Crippen LogP contribution in [0.3, 0.4) is 0 Å². The first-order chi connectivity index (χ1) is 11.8. The molecule has 0 saturated heterocycles. The zero-order chi connectivity index (χ0) is 23.4. The molecular formula is C10H7F16NO. The van der Waals surface area contributed by atoms with Crippen LogP contribution in [0.1, 0.15) is 0 Å². The highest BCUT2D eigenvalue weighted by Crippen LogP contribution is 2.62. The fraction of sp³-hybridized carbons (Fsp3) is 1.00. The molecule has 0 amide bonds. The van der Waals surface area contributed by atoms with Crippen LogP contribution in [0.25, 0.3) is 0 Å². The molecule has 1 N–H and O–H groups in total. The molecular weight excluding hydrogens is 454 g/mol. The summed E-state index contributed by atoms with van der Waals surface area (Å²) in [5, 5.41) is 7.68. The highest BCUT2D eigenvalue weighted by molar-refractivity contribution is 5.14. The summed E-state index contributed by atoms with van der Waals surface area (Å²) in [5.41, 5.74) is 0. The number of halogens is 16. The lowest BCUT2D eigenvalue weighted by Crippen LogP contribution is -2.73. The van der Waals surface area contributed by atoms with Crippen LogP contribution in [0.2, 0.25) is 0 Å². The number of hydroxylamine groups is 2. The van der Waals surface area contributed by atoms with Gasteiger partial charge in [0.2, 0.25) is 0 Å². The maximum Gasteiger partial charge on any atom is 0.460 e. The molecule has 0 aliphatic heterocycles. The third-order valence-corrected chi connectivity index (χ3v) is 3.17. The van der Waals surface area contributed by atoms with Crippen LogP contribution in [0.5, 0.6) is 0 Å². The smallest absolute Gasteiger partial charge is 0.314 e. The van der Waals surface area contributed by atoms with E-state index in [4.69, 9.17) is 5.21 Å². The molecule has 0 aromatic rings. The molecule has 2 nitrogen and oxygen atoms in total. The molecule has 18 heteroatoms. The van der Waals surface area contributed by atoms with Crippen molar-refractivity contribution < 1.29 is 75.5 Å². The Hall–Kier alpha value is -1.20. The molecule has 0 rings (SSSR count). The summed E-state index contributed by atoms with van der Waals surface area (Å²) in [6.07, 6.45) is -12.4. The summed E-state index contributed by atoms with van der Waals surface area (Å²) in [7, 11) is 0.256. The summed E-state index contributed by atoms with van der Waals surface area (Å²) >= 11 is 0. The van der Waals surface area contributed by atoms with Gasteiger partial charge < -0.3 is 5.21 Å². The summed E-state index contributed by atoms with van der Waals surface area (Å²) in [6, 6.07) is 0. The van der Waals surface area contributed by atoms with E-state index in [1.807, 2.05) is 0 Å². The van der Waals surface area contributed by atoms with Crippen LogP contribution in [-0.2, 0) is 0 Å². The van der Waals surface area contributed by atoms with E-state index < -0.39 is 59.5 Å². The van der Waals surface area contributed by atoms with Crippen LogP contribution >= 0.6 is 0 Å². The lowest BCUT2D eigenvalue weighted by atomic mass is 9.89. The average Bonchev–Trinajstić information content (AvgIpc) is 2.43. The lowest BCUT2D eigenvalue weighted by Gasteiger charge is -2.42. The molecule has 0 aromatic carbocycles. The molecule has 0 saturated carbocycles. The Morgan fingerprint density at radius 1 is 0.607 bits per heavy atom. The molecule has 0 aliphatic carbocycles. The Bertz CT molecular complexity index is 552. The van der Waals surface area contributed by atoms with Crippen molar-refractivity contribution in [3.8, 4) is 0 Å². The van der Waals surface area contributed by atoms with Gasteiger partial charge in [0.25, 0.3) is 0 Å². The Balaban J connectivity index is 6.47. The van der Waals surface area contributed by atoms with Crippen molar-refractivity contribution in [2.45, 2.75) is 47.9 Å². The van der Waals surface area contributed by atoms with E-state index in [0.717, 1.165) is 0 Å². The number of rotatable bonds is 8. The van der Waals surface area contributed by atoms with Gasteiger partial charge in [-0.25, -0.2) is 4.39 Å². The van der Waals surface area contributed by atoms with Crippen LogP contribution in [0.4, 0.5) is 70.2 Å². The largest absolute Gasteiger partial charge is 0.460 e. The Kier molecular flexibility index (Phi) is 6.65. The quantitative estimate of drug-likeness (QED) is 0.406. The van der Waals surface area contributed by atoms with Gasteiger partial charge in [0.1, 0.15) is 0 Å². The zero-order valence-corrected chi connectivity index (χ0v) is 12.7. The topological polar surface area (TPSA) is 23.5 Å². The van der Waals surface area contributed by atoms with Gasteiger partial charge in [0.15, 0.2) is 6.17 Å². The third-order valence-electron chi connectivity index (χ3n) is 3.17. The van der Waals surface area contributed by atoms with Crippen LogP contribution in [0.15, 0.2) is 0 Å². The Morgan fingerprint density at radius 3 is 1.18 bits per heavy atom. The lowest BCUT2D eigenvalue weighted by molar-refractivity contribution is -0.454. The van der Waals surface area contributed by atoms with E-state index >= 15 is 0 Å². The van der Waals surface area contributed by atoms with E-state index in [0.29, 0.717) is 0 Å². The normalized spacial score (nSPS) is 17.2. The number of alkyl halides is 16. The van der Waals surface area contributed by atoms with Crippen molar-refractivity contribution in [3.05, 3.63) is 0 Å². The van der Waals surface area contributed by atoms with Crippen molar-refractivity contribution in [2.24, 2.45) is 0 Å². The predicted octanol–water partition coefficient (Wildman–Crippen LogP) is 5.02. The first-order valence-corrected chi connectivity index (χ1v) is 6.21. The minimum Gasteiger partial charge on any atom is -0.314 e. The first kappa shape index (κ1) is 26.8. The summed E-state index contributed by atoms with van der Waals surface area (Å²) < 4.78 is 205. The van der Waals surface area contributed by atoms with Gasteiger partial charge in [-0.2, -0.15) is 70.9 Å². The van der Waals surface area contributed by atoms with E-state index in [1.54, 1.807) is 0 Å². The monoisotopic (exact) mass is 461 g/mol. The van der Waals surface area contributed by atoms with Crippen LogP contribution in [-0.4, -0.2) is 71.7 Å². The first-order valence-electron chi connectivity index (χ1n) is 6.21.